The molecule has 2 N–H and O–H groups in total. The van der Waals surface area contributed by atoms with Crippen molar-refractivity contribution in [1.82, 2.24) is 5.32 Å². The summed E-state index contributed by atoms with van der Waals surface area (Å²) in [6, 6.07) is 21.8. The molecule has 0 aliphatic heterocycles. The van der Waals surface area contributed by atoms with Crippen molar-refractivity contribution in [2.75, 3.05) is 23.3 Å². The van der Waals surface area contributed by atoms with E-state index in [4.69, 9.17) is 4.74 Å². The maximum absolute atomic E-state index is 14.1. The molecule has 0 atom stereocenters. The van der Waals surface area contributed by atoms with Crippen LogP contribution in [0, 0.1) is 11.2 Å². The molecule has 0 heterocycles. The summed E-state index contributed by atoms with van der Waals surface area (Å²) in [6.07, 6.45) is 0. The lowest BCUT2D eigenvalue weighted by Crippen LogP contribution is -2.43. The fraction of sp³-hybridized carbons (Fsp3) is 0.231. The van der Waals surface area contributed by atoms with Crippen molar-refractivity contribution in [2.24, 2.45) is 5.41 Å². The van der Waals surface area contributed by atoms with Crippen LogP contribution in [0.1, 0.15) is 20.8 Å². The molecule has 7 heteroatoms. The minimum atomic E-state index is -0.545. The Morgan fingerprint density at radius 2 is 1.48 bits per heavy atom. The topological polar surface area (TPSA) is 70.7 Å². The number of amides is 3. The summed E-state index contributed by atoms with van der Waals surface area (Å²) in [5.74, 6) is 0.659. The summed E-state index contributed by atoms with van der Waals surface area (Å²) >= 11 is 0. The van der Waals surface area contributed by atoms with Crippen molar-refractivity contribution >= 4 is 23.3 Å². The van der Waals surface area contributed by atoms with Crippen molar-refractivity contribution in [1.29, 1.82) is 0 Å². The van der Waals surface area contributed by atoms with E-state index in [0.29, 0.717) is 17.2 Å². The average Bonchev–Trinajstić information content (AvgIpc) is 2.79. The number of para-hydroxylation sites is 2. The van der Waals surface area contributed by atoms with E-state index in [1.807, 2.05) is 51.1 Å². The van der Waals surface area contributed by atoms with Crippen LogP contribution < -0.4 is 20.3 Å². The van der Waals surface area contributed by atoms with Crippen LogP contribution in [0.25, 0.3) is 0 Å². The fourth-order valence-corrected chi connectivity index (χ4v) is 2.96. The van der Waals surface area contributed by atoms with Crippen molar-refractivity contribution in [3.05, 3.63) is 84.7 Å². The Labute approximate surface area is 193 Å². The molecule has 0 aromatic heterocycles. The van der Waals surface area contributed by atoms with Gasteiger partial charge in [0.05, 0.1) is 5.69 Å². The predicted octanol–water partition coefficient (Wildman–Crippen LogP) is 5.82. The highest BCUT2D eigenvalue weighted by molar-refractivity contribution is 6.01. The Morgan fingerprint density at radius 3 is 2.12 bits per heavy atom. The van der Waals surface area contributed by atoms with Gasteiger partial charge in [-0.3, -0.25) is 9.69 Å². The van der Waals surface area contributed by atoms with Crippen LogP contribution in [-0.4, -0.2) is 25.0 Å². The second-order valence-electron chi connectivity index (χ2n) is 8.48. The number of urea groups is 1. The molecule has 3 aromatic carbocycles. The van der Waals surface area contributed by atoms with Crippen LogP contribution in [-0.2, 0) is 4.79 Å². The summed E-state index contributed by atoms with van der Waals surface area (Å²) in [5, 5.41) is 5.44. The zero-order chi connectivity index (χ0) is 23.8. The minimum absolute atomic E-state index is 0.0789. The van der Waals surface area contributed by atoms with Gasteiger partial charge in [-0.2, -0.15) is 0 Å². The third kappa shape index (κ3) is 6.80. The van der Waals surface area contributed by atoms with Gasteiger partial charge in [0.2, 0.25) is 5.91 Å². The van der Waals surface area contributed by atoms with Crippen LogP contribution in [0.5, 0.6) is 11.5 Å². The molecular formula is C26H28FN3O3. The van der Waals surface area contributed by atoms with Gasteiger partial charge in [0.15, 0.2) is 0 Å². The largest absolute Gasteiger partial charge is 0.457 e. The monoisotopic (exact) mass is 449 g/mol. The number of hydrogen-bond donors (Lipinski definition) is 2. The average molecular weight is 450 g/mol. The number of anilines is 2. The van der Waals surface area contributed by atoms with E-state index >= 15 is 0 Å². The minimum Gasteiger partial charge on any atom is -0.457 e. The molecule has 0 radical (unpaired) electrons. The summed E-state index contributed by atoms with van der Waals surface area (Å²) in [4.78, 5) is 26.7. The fourth-order valence-electron chi connectivity index (χ4n) is 2.96. The number of halogens is 1. The van der Waals surface area contributed by atoms with Crippen LogP contribution in [0.4, 0.5) is 20.6 Å². The van der Waals surface area contributed by atoms with Crippen LogP contribution in [0.2, 0.25) is 0 Å². The lowest BCUT2D eigenvalue weighted by Gasteiger charge is -2.25. The summed E-state index contributed by atoms with van der Waals surface area (Å²) in [6.45, 7) is 5.88. The summed E-state index contributed by atoms with van der Waals surface area (Å²) in [7, 11) is 0. The number of ether oxygens (including phenoxy) is 1. The van der Waals surface area contributed by atoms with E-state index < -0.39 is 17.3 Å². The van der Waals surface area contributed by atoms with Gasteiger partial charge < -0.3 is 15.4 Å². The van der Waals surface area contributed by atoms with Crippen molar-refractivity contribution in [3.8, 4) is 11.5 Å². The van der Waals surface area contributed by atoms with Crippen LogP contribution in [0.3, 0.4) is 0 Å². The molecule has 0 unspecified atom stereocenters. The summed E-state index contributed by atoms with van der Waals surface area (Å²) in [5.41, 5.74) is 0.112. The molecule has 0 saturated carbocycles. The molecule has 6 nitrogen and oxygen atoms in total. The molecule has 3 rings (SSSR count). The lowest BCUT2D eigenvalue weighted by atomic mass is 9.96. The maximum Gasteiger partial charge on any atom is 0.326 e. The van der Waals surface area contributed by atoms with Gasteiger partial charge in [-0.15, -0.1) is 0 Å². The number of carbonyl (C=O) groups excluding carboxylic acids is 2. The first kappa shape index (κ1) is 23.8. The van der Waals surface area contributed by atoms with Crippen LogP contribution in [0.15, 0.2) is 78.9 Å². The first-order chi connectivity index (χ1) is 15.7. The number of carbonyl (C=O) groups is 2. The number of nitrogens with one attached hydrogen (secondary N) is 2. The Morgan fingerprint density at radius 1 is 0.879 bits per heavy atom. The van der Waals surface area contributed by atoms with E-state index in [0.717, 1.165) is 0 Å². The molecule has 0 aliphatic rings. The van der Waals surface area contributed by atoms with Crippen LogP contribution >= 0.6 is 0 Å². The molecule has 0 bridgehead atoms. The number of rotatable bonds is 7. The Balaban J connectivity index is 1.76. The standard InChI is InChI=1S/C26H28FN3O3/c1-26(2,3)24(31)28-17-18-30(25(32)29-23-12-8-7-11-22(23)27)19-13-15-21(16-14-19)33-20-9-5-4-6-10-20/h4-16H,17-18H2,1-3H3,(H,28,31)(H,29,32). The van der Waals surface area contributed by atoms with Crippen molar-refractivity contribution in [3.63, 3.8) is 0 Å². The second-order valence-corrected chi connectivity index (χ2v) is 8.48. The normalized spacial score (nSPS) is 10.9. The highest BCUT2D eigenvalue weighted by Crippen LogP contribution is 2.25. The van der Waals surface area contributed by atoms with Gasteiger partial charge in [0, 0.05) is 24.2 Å². The zero-order valence-corrected chi connectivity index (χ0v) is 19.0. The molecule has 0 saturated heterocycles. The molecule has 0 fully saturated rings. The van der Waals surface area contributed by atoms with E-state index in [1.165, 1.54) is 17.0 Å². The molecule has 0 spiro atoms. The Bertz CT molecular complexity index is 1080. The van der Waals surface area contributed by atoms with E-state index in [2.05, 4.69) is 10.6 Å². The van der Waals surface area contributed by atoms with E-state index in [1.54, 1.807) is 36.4 Å². The molecule has 33 heavy (non-hydrogen) atoms. The number of benzene rings is 3. The molecule has 172 valence electrons. The van der Waals surface area contributed by atoms with Gasteiger partial charge >= 0.3 is 6.03 Å². The highest BCUT2D eigenvalue weighted by Gasteiger charge is 2.22. The maximum atomic E-state index is 14.1. The quantitative estimate of drug-likeness (QED) is 0.478. The van der Waals surface area contributed by atoms with Gasteiger partial charge in [-0.1, -0.05) is 51.1 Å². The highest BCUT2D eigenvalue weighted by atomic mass is 19.1. The smallest absolute Gasteiger partial charge is 0.326 e. The molecule has 0 aliphatic carbocycles. The third-order valence-electron chi connectivity index (χ3n) is 4.79. The van der Waals surface area contributed by atoms with Crippen molar-refractivity contribution in [2.45, 2.75) is 20.8 Å². The van der Waals surface area contributed by atoms with Crippen molar-refractivity contribution < 1.29 is 18.7 Å². The van der Waals surface area contributed by atoms with E-state index in [-0.39, 0.29) is 24.7 Å². The number of hydrogen-bond acceptors (Lipinski definition) is 3. The lowest BCUT2D eigenvalue weighted by molar-refractivity contribution is -0.128. The number of nitrogens with zero attached hydrogens (tertiary/aromatic N) is 1. The SMILES string of the molecule is CC(C)(C)C(=O)NCCN(C(=O)Nc1ccccc1F)c1ccc(Oc2ccccc2)cc1. The Hall–Kier alpha value is -3.87. The molecule has 3 amide bonds. The molecular weight excluding hydrogens is 421 g/mol. The van der Waals surface area contributed by atoms with Gasteiger partial charge in [0.1, 0.15) is 17.3 Å². The zero-order valence-electron chi connectivity index (χ0n) is 19.0. The van der Waals surface area contributed by atoms with E-state index in [9.17, 15) is 14.0 Å². The van der Waals surface area contributed by atoms with Gasteiger partial charge in [-0.25, -0.2) is 9.18 Å². The Kier molecular flexibility index (Phi) is 7.66. The predicted molar refractivity (Wildman–Crippen MR) is 128 cm³/mol. The first-order valence-electron chi connectivity index (χ1n) is 10.7. The second kappa shape index (κ2) is 10.6. The van der Waals surface area contributed by atoms with Gasteiger partial charge in [0.25, 0.3) is 0 Å². The third-order valence-corrected chi connectivity index (χ3v) is 4.79. The summed E-state index contributed by atoms with van der Waals surface area (Å²) < 4.78 is 19.9. The first-order valence-corrected chi connectivity index (χ1v) is 10.7. The molecule has 3 aromatic rings. The van der Waals surface area contributed by atoms with Gasteiger partial charge in [-0.05, 0) is 48.5 Å².